The van der Waals surface area contributed by atoms with Gasteiger partial charge in [-0.1, -0.05) is 6.92 Å². The third-order valence-electron chi connectivity index (χ3n) is 3.18. The van der Waals surface area contributed by atoms with Crippen molar-refractivity contribution in [3.05, 3.63) is 0 Å². The zero-order valence-electron chi connectivity index (χ0n) is 9.60. The number of carbonyl (C=O) groups is 1. The second kappa shape index (κ2) is 5.22. The second-order valence-corrected chi connectivity index (χ2v) is 4.27. The SMILES string of the molecule is CC[C@H](CO)NC(=O)C1(C(F)(F)F)CCNC1. The van der Waals surface area contributed by atoms with Crippen LogP contribution >= 0.6 is 0 Å². The van der Waals surface area contributed by atoms with Crippen LogP contribution < -0.4 is 10.6 Å². The van der Waals surface area contributed by atoms with Crippen molar-refractivity contribution in [2.45, 2.75) is 32.0 Å². The van der Waals surface area contributed by atoms with E-state index in [1.807, 2.05) is 0 Å². The van der Waals surface area contributed by atoms with E-state index in [0.717, 1.165) is 0 Å². The predicted molar refractivity (Wildman–Crippen MR) is 55.3 cm³/mol. The average molecular weight is 254 g/mol. The molecule has 17 heavy (non-hydrogen) atoms. The molecule has 1 aliphatic heterocycles. The van der Waals surface area contributed by atoms with E-state index < -0.39 is 30.1 Å². The molecular formula is C10H17F3N2O2. The van der Waals surface area contributed by atoms with Crippen LogP contribution in [0.5, 0.6) is 0 Å². The van der Waals surface area contributed by atoms with Gasteiger partial charge in [0.15, 0.2) is 5.41 Å². The van der Waals surface area contributed by atoms with E-state index in [2.05, 4.69) is 10.6 Å². The number of carbonyl (C=O) groups excluding carboxylic acids is 1. The first-order chi connectivity index (χ1) is 7.87. The second-order valence-electron chi connectivity index (χ2n) is 4.27. The number of hydrogen-bond donors (Lipinski definition) is 3. The number of amides is 1. The summed E-state index contributed by atoms with van der Waals surface area (Å²) >= 11 is 0. The molecule has 0 bridgehead atoms. The smallest absolute Gasteiger partial charge is 0.394 e. The Balaban J connectivity index is 2.82. The third kappa shape index (κ3) is 2.71. The largest absolute Gasteiger partial charge is 0.404 e. The normalized spacial score (nSPS) is 26.9. The van der Waals surface area contributed by atoms with Gasteiger partial charge in [-0.25, -0.2) is 0 Å². The van der Waals surface area contributed by atoms with E-state index in [1.165, 1.54) is 0 Å². The van der Waals surface area contributed by atoms with E-state index in [0.29, 0.717) is 6.42 Å². The molecule has 0 spiro atoms. The topological polar surface area (TPSA) is 61.4 Å². The standard InChI is InChI=1S/C10H17F3N2O2/c1-2-7(5-16)15-8(17)9(10(11,12)13)3-4-14-6-9/h7,14,16H,2-6H2,1H3,(H,15,17)/t7-,9?/m1/s1. The maximum atomic E-state index is 13.0. The molecular weight excluding hydrogens is 237 g/mol. The van der Waals surface area contributed by atoms with Crippen LogP contribution in [0.15, 0.2) is 0 Å². The number of rotatable bonds is 4. The van der Waals surface area contributed by atoms with Crippen molar-refractivity contribution in [2.75, 3.05) is 19.7 Å². The molecule has 1 unspecified atom stereocenters. The van der Waals surface area contributed by atoms with Crippen molar-refractivity contribution in [2.24, 2.45) is 5.41 Å². The molecule has 4 nitrogen and oxygen atoms in total. The molecule has 1 saturated heterocycles. The summed E-state index contributed by atoms with van der Waals surface area (Å²) < 4.78 is 38.9. The van der Waals surface area contributed by atoms with Gasteiger partial charge in [-0.2, -0.15) is 13.2 Å². The van der Waals surface area contributed by atoms with Gasteiger partial charge in [0, 0.05) is 6.54 Å². The lowest BCUT2D eigenvalue weighted by Crippen LogP contribution is -2.54. The van der Waals surface area contributed by atoms with Crippen LogP contribution in [0, 0.1) is 5.41 Å². The molecule has 1 amide bonds. The molecule has 0 radical (unpaired) electrons. The number of halogens is 3. The van der Waals surface area contributed by atoms with Crippen molar-refractivity contribution in [3.63, 3.8) is 0 Å². The van der Waals surface area contributed by atoms with Crippen LogP contribution in [0.2, 0.25) is 0 Å². The van der Waals surface area contributed by atoms with Gasteiger partial charge in [-0.3, -0.25) is 4.79 Å². The first kappa shape index (κ1) is 14.2. The van der Waals surface area contributed by atoms with Gasteiger partial charge in [0.25, 0.3) is 0 Å². The number of aliphatic hydroxyl groups is 1. The molecule has 0 aromatic heterocycles. The van der Waals surface area contributed by atoms with Gasteiger partial charge in [-0.05, 0) is 19.4 Å². The summed E-state index contributed by atoms with van der Waals surface area (Å²) in [6, 6.07) is -0.623. The molecule has 0 aromatic carbocycles. The number of alkyl halides is 3. The Morgan fingerprint density at radius 2 is 2.24 bits per heavy atom. The molecule has 1 fully saturated rings. The molecule has 7 heteroatoms. The van der Waals surface area contributed by atoms with Gasteiger partial charge >= 0.3 is 6.18 Å². The highest BCUT2D eigenvalue weighted by molar-refractivity contribution is 5.84. The minimum Gasteiger partial charge on any atom is -0.394 e. The van der Waals surface area contributed by atoms with Crippen molar-refractivity contribution in [1.82, 2.24) is 10.6 Å². The highest BCUT2D eigenvalue weighted by atomic mass is 19.4. The molecule has 2 atom stereocenters. The number of hydrogen-bond acceptors (Lipinski definition) is 3. The summed E-state index contributed by atoms with van der Waals surface area (Å²) in [7, 11) is 0. The molecule has 100 valence electrons. The zero-order chi connectivity index (χ0) is 13.1. The zero-order valence-corrected chi connectivity index (χ0v) is 9.60. The Morgan fingerprint density at radius 3 is 2.59 bits per heavy atom. The van der Waals surface area contributed by atoms with Crippen molar-refractivity contribution >= 4 is 5.91 Å². The Labute approximate surface area is 97.6 Å². The maximum absolute atomic E-state index is 13.0. The third-order valence-corrected chi connectivity index (χ3v) is 3.18. The summed E-state index contributed by atoms with van der Waals surface area (Å²) in [4.78, 5) is 11.8. The van der Waals surface area contributed by atoms with Gasteiger partial charge < -0.3 is 15.7 Å². The van der Waals surface area contributed by atoms with E-state index in [9.17, 15) is 18.0 Å². The molecule has 1 heterocycles. The number of aliphatic hydroxyl groups excluding tert-OH is 1. The van der Waals surface area contributed by atoms with Crippen LogP contribution in [0.3, 0.4) is 0 Å². The summed E-state index contributed by atoms with van der Waals surface area (Å²) in [5, 5.41) is 13.7. The Hall–Kier alpha value is -0.820. The summed E-state index contributed by atoms with van der Waals surface area (Å²) in [6.45, 7) is 1.10. The highest BCUT2D eigenvalue weighted by Gasteiger charge is 2.61. The van der Waals surface area contributed by atoms with E-state index >= 15 is 0 Å². The fourth-order valence-corrected chi connectivity index (χ4v) is 1.86. The average Bonchev–Trinajstić information content (AvgIpc) is 2.74. The van der Waals surface area contributed by atoms with Crippen LogP contribution in [-0.4, -0.2) is 42.9 Å². The minimum atomic E-state index is -4.58. The molecule has 1 aliphatic rings. The molecule has 3 N–H and O–H groups in total. The Kier molecular flexibility index (Phi) is 4.37. The number of nitrogens with one attached hydrogen (secondary N) is 2. The summed E-state index contributed by atoms with van der Waals surface area (Å²) in [6.07, 6.45) is -4.44. The predicted octanol–water partition coefficient (Wildman–Crippen LogP) is 0.415. The Bertz CT molecular complexity index is 271. The molecule has 1 rings (SSSR count). The summed E-state index contributed by atoms with van der Waals surface area (Å²) in [5.41, 5.74) is -2.35. The van der Waals surface area contributed by atoms with Crippen LogP contribution in [0.4, 0.5) is 13.2 Å². The lowest BCUT2D eigenvalue weighted by molar-refractivity contribution is -0.216. The first-order valence-electron chi connectivity index (χ1n) is 5.56. The lowest BCUT2D eigenvalue weighted by Gasteiger charge is -2.31. The van der Waals surface area contributed by atoms with Crippen molar-refractivity contribution < 1.29 is 23.1 Å². The van der Waals surface area contributed by atoms with E-state index in [-0.39, 0.29) is 19.6 Å². The summed E-state index contributed by atoms with van der Waals surface area (Å²) in [5.74, 6) is -1.05. The molecule has 0 aromatic rings. The fraction of sp³-hybridized carbons (Fsp3) is 0.900. The van der Waals surface area contributed by atoms with E-state index in [1.54, 1.807) is 6.92 Å². The maximum Gasteiger partial charge on any atom is 0.404 e. The fourth-order valence-electron chi connectivity index (χ4n) is 1.86. The van der Waals surface area contributed by atoms with Gasteiger partial charge in [0.05, 0.1) is 12.6 Å². The molecule has 0 saturated carbocycles. The van der Waals surface area contributed by atoms with Crippen molar-refractivity contribution in [1.29, 1.82) is 0 Å². The quantitative estimate of drug-likeness (QED) is 0.681. The van der Waals surface area contributed by atoms with Crippen LogP contribution in [0.1, 0.15) is 19.8 Å². The highest BCUT2D eigenvalue weighted by Crippen LogP contribution is 2.43. The van der Waals surface area contributed by atoms with Gasteiger partial charge in [0.1, 0.15) is 0 Å². The van der Waals surface area contributed by atoms with Crippen LogP contribution in [-0.2, 0) is 4.79 Å². The first-order valence-corrected chi connectivity index (χ1v) is 5.56. The van der Waals surface area contributed by atoms with Crippen molar-refractivity contribution in [3.8, 4) is 0 Å². The van der Waals surface area contributed by atoms with Gasteiger partial charge in [-0.15, -0.1) is 0 Å². The van der Waals surface area contributed by atoms with Crippen LogP contribution in [0.25, 0.3) is 0 Å². The van der Waals surface area contributed by atoms with Gasteiger partial charge in [0.2, 0.25) is 5.91 Å². The Morgan fingerprint density at radius 1 is 1.59 bits per heavy atom. The molecule has 0 aliphatic carbocycles. The lowest BCUT2D eigenvalue weighted by atomic mass is 9.85. The van der Waals surface area contributed by atoms with E-state index in [4.69, 9.17) is 5.11 Å². The monoisotopic (exact) mass is 254 g/mol. The minimum absolute atomic E-state index is 0.169.